The SMILES string of the molecule is O=[N+]([O-])c1cccc(/C=C/c2nnc(CCl)o2)c1. The van der Waals surface area contributed by atoms with Crippen molar-refractivity contribution in [3.63, 3.8) is 0 Å². The predicted octanol–water partition coefficient (Wildman–Crippen LogP) is 2.89. The highest BCUT2D eigenvalue weighted by Crippen LogP contribution is 2.15. The van der Waals surface area contributed by atoms with Crippen molar-refractivity contribution in [3.8, 4) is 0 Å². The zero-order valence-electron chi connectivity index (χ0n) is 9.12. The molecule has 1 aromatic heterocycles. The normalized spacial score (nSPS) is 10.9. The van der Waals surface area contributed by atoms with E-state index in [2.05, 4.69) is 10.2 Å². The minimum atomic E-state index is -0.449. The number of non-ortho nitro benzene ring substituents is 1. The van der Waals surface area contributed by atoms with Crippen LogP contribution in [-0.4, -0.2) is 15.1 Å². The van der Waals surface area contributed by atoms with E-state index in [0.717, 1.165) is 0 Å². The molecule has 0 aliphatic carbocycles. The average molecular weight is 266 g/mol. The molecule has 0 aliphatic rings. The minimum absolute atomic E-state index is 0.0316. The van der Waals surface area contributed by atoms with E-state index in [-0.39, 0.29) is 11.6 Å². The Morgan fingerprint density at radius 2 is 2.22 bits per heavy atom. The largest absolute Gasteiger partial charge is 0.420 e. The summed E-state index contributed by atoms with van der Waals surface area (Å²) >= 11 is 5.52. The molecule has 0 bridgehead atoms. The predicted molar refractivity (Wildman–Crippen MR) is 65.9 cm³/mol. The highest BCUT2D eigenvalue weighted by molar-refractivity contribution is 6.16. The number of hydrogen-bond donors (Lipinski definition) is 0. The number of rotatable bonds is 4. The number of aromatic nitrogens is 2. The molecule has 0 aliphatic heterocycles. The molecular formula is C11H8ClN3O3. The number of nitrogens with zero attached hydrogens (tertiary/aromatic N) is 3. The molecular weight excluding hydrogens is 258 g/mol. The number of benzene rings is 1. The fourth-order valence-electron chi connectivity index (χ4n) is 1.30. The van der Waals surface area contributed by atoms with Crippen LogP contribution in [0.5, 0.6) is 0 Å². The van der Waals surface area contributed by atoms with Gasteiger partial charge < -0.3 is 4.42 Å². The molecule has 0 amide bonds. The maximum Gasteiger partial charge on any atom is 0.270 e. The van der Waals surface area contributed by atoms with Crippen molar-refractivity contribution < 1.29 is 9.34 Å². The smallest absolute Gasteiger partial charge is 0.270 e. The Morgan fingerprint density at radius 1 is 1.39 bits per heavy atom. The van der Waals surface area contributed by atoms with Crippen LogP contribution in [0, 0.1) is 10.1 Å². The molecule has 0 unspecified atom stereocenters. The Morgan fingerprint density at radius 3 is 2.89 bits per heavy atom. The highest BCUT2D eigenvalue weighted by atomic mass is 35.5. The summed E-state index contributed by atoms with van der Waals surface area (Å²) in [7, 11) is 0. The van der Waals surface area contributed by atoms with Gasteiger partial charge in [0.05, 0.1) is 4.92 Å². The van der Waals surface area contributed by atoms with Crippen LogP contribution in [-0.2, 0) is 5.88 Å². The number of alkyl halides is 1. The standard InChI is InChI=1S/C11H8ClN3O3/c12-7-11-14-13-10(18-11)5-4-8-2-1-3-9(6-8)15(16)17/h1-6H,7H2/b5-4+. The van der Waals surface area contributed by atoms with Gasteiger partial charge in [0.2, 0.25) is 11.8 Å². The molecule has 1 heterocycles. The number of hydrogen-bond acceptors (Lipinski definition) is 5. The summed E-state index contributed by atoms with van der Waals surface area (Å²) < 4.78 is 5.16. The van der Waals surface area contributed by atoms with Crippen molar-refractivity contribution in [2.45, 2.75) is 5.88 Å². The second-order valence-electron chi connectivity index (χ2n) is 3.35. The maximum absolute atomic E-state index is 10.6. The van der Waals surface area contributed by atoms with Gasteiger partial charge in [0.25, 0.3) is 5.69 Å². The van der Waals surface area contributed by atoms with Gasteiger partial charge in [-0.1, -0.05) is 12.1 Å². The van der Waals surface area contributed by atoms with Crippen molar-refractivity contribution in [2.75, 3.05) is 0 Å². The summed E-state index contributed by atoms with van der Waals surface area (Å²) in [4.78, 5) is 10.1. The lowest BCUT2D eigenvalue weighted by atomic mass is 10.2. The van der Waals surface area contributed by atoms with Gasteiger partial charge in [-0.3, -0.25) is 10.1 Å². The van der Waals surface area contributed by atoms with Crippen LogP contribution in [0.25, 0.3) is 12.2 Å². The number of halogens is 1. The third-order valence-corrected chi connectivity index (χ3v) is 2.32. The molecule has 0 fully saturated rings. The molecule has 0 atom stereocenters. The van der Waals surface area contributed by atoms with Crippen LogP contribution in [0.2, 0.25) is 0 Å². The van der Waals surface area contributed by atoms with E-state index in [0.29, 0.717) is 17.3 Å². The third kappa shape index (κ3) is 2.92. The molecule has 0 spiro atoms. The first-order valence-corrected chi connectivity index (χ1v) is 5.53. The summed E-state index contributed by atoms with van der Waals surface area (Å²) in [6.07, 6.45) is 3.22. The first-order chi connectivity index (χ1) is 8.69. The van der Waals surface area contributed by atoms with E-state index in [1.165, 1.54) is 12.1 Å². The van der Waals surface area contributed by atoms with E-state index in [1.54, 1.807) is 24.3 Å². The van der Waals surface area contributed by atoms with Gasteiger partial charge in [-0.2, -0.15) is 0 Å². The summed E-state index contributed by atoms with van der Waals surface area (Å²) in [5, 5.41) is 18.0. The zero-order valence-corrected chi connectivity index (χ0v) is 9.87. The second-order valence-corrected chi connectivity index (χ2v) is 3.62. The van der Waals surface area contributed by atoms with Crippen LogP contribution >= 0.6 is 11.6 Å². The lowest BCUT2D eigenvalue weighted by Gasteiger charge is -1.93. The lowest BCUT2D eigenvalue weighted by Crippen LogP contribution is -1.87. The van der Waals surface area contributed by atoms with Gasteiger partial charge >= 0.3 is 0 Å². The van der Waals surface area contributed by atoms with Crippen LogP contribution in [0.3, 0.4) is 0 Å². The monoisotopic (exact) mass is 265 g/mol. The fraction of sp³-hybridized carbons (Fsp3) is 0.0909. The van der Waals surface area contributed by atoms with Crippen LogP contribution in [0.15, 0.2) is 28.7 Å². The second kappa shape index (κ2) is 5.42. The first kappa shape index (κ1) is 12.3. The van der Waals surface area contributed by atoms with Crippen molar-refractivity contribution in [2.24, 2.45) is 0 Å². The molecule has 18 heavy (non-hydrogen) atoms. The number of nitro benzene ring substituents is 1. The van der Waals surface area contributed by atoms with Gasteiger partial charge in [-0.05, 0) is 11.6 Å². The third-order valence-electron chi connectivity index (χ3n) is 2.10. The Labute approximate surface area is 107 Å². The Kier molecular flexibility index (Phi) is 3.69. The van der Waals surface area contributed by atoms with E-state index in [4.69, 9.17) is 16.0 Å². The summed E-state index contributed by atoms with van der Waals surface area (Å²) in [5.41, 5.74) is 0.707. The lowest BCUT2D eigenvalue weighted by molar-refractivity contribution is -0.384. The van der Waals surface area contributed by atoms with Gasteiger partial charge in [-0.25, -0.2) is 0 Å². The molecule has 0 saturated heterocycles. The maximum atomic E-state index is 10.6. The van der Waals surface area contributed by atoms with Gasteiger partial charge in [0, 0.05) is 18.2 Å². The van der Waals surface area contributed by atoms with Gasteiger partial charge in [0.15, 0.2) is 0 Å². The highest BCUT2D eigenvalue weighted by Gasteiger charge is 2.04. The van der Waals surface area contributed by atoms with Crippen molar-refractivity contribution in [1.29, 1.82) is 0 Å². The molecule has 92 valence electrons. The quantitative estimate of drug-likeness (QED) is 0.482. The first-order valence-electron chi connectivity index (χ1n) is 5.00. The van der Waals surface area contributed by atoms with Crippen molar-refractivity contribution >= 4 is 29.4 Å². The van der Waals surface area contributed by atoms with Crippen LogP contribution < -0.4 is 0 Å². The molecule has 0 saturated carbocycles. The molecule has 6 nitrogen and oxygen atoms in total. The molecule has 0 radical (unpaired) electrons. The van der Waals surface area contributed by atoms with Crippen molar-refractivity contribution in [3.05, 3.63) is 51.7 Å². The Hall–Kier alpha value is -2.21. The van der Waals surface area contributed by atoms with Crippen molar-refractivity contribution in [1.82, 2.24) is 10.2 Å². The molecule has 0 N–H and O–H groups in total. The topological polar surface area (TPSA) is 82.1 Å². The van der Waals surface area contributed by atoms with Crippen LogP contribution in [0.1, 0.15) is 17.3 Å². The number of nitro groups is 1. The van der Waals surface area contributed by atoms with Gasteiger partial charge in [0.1, 0.15) is 5.88 Å². The van der Waals surface area contributed by atoms with E-state index < -0.39 is 4.92 Å². The molecule has 1 aromatic carbocycles. The van der Waals surface area contributed by atoms with Crippen LogP contribution in [0.4, 0.5) is 5.69 Å². The summed E-state index contributed by atoms with van der Waals surface area (Å²) in [6.45, 7) is 0. The average Bonchev–Trinajstić information content (AvgIpc) is 2.84. The molecule has 2 rings (SSSR count). The summed E-state index contributed by atoms with van der Waals surface area (Å²) in [5.74, 6) is 0.782. The van der Waals surface area contributed by atoms with Gasteiger partial charge in [-0.15, -0.1) is 21.8 Å². The molecule has 7 heteroatoms. The minimum Gasteiger partial charge on any atom is -0.420 e. The molecule has 2 aromatic rings. The summed E-state index contributed by atoms with van der Waals surface area (Å²) in [6, 6.07) is 6.23. The fourth-order valence-corrected chi connectivity index (χ4v) is 1.41. The van der Waals surface area contributed by atoms with E-state index in [9.17, 15) is 10.1 Å². The van der Waals surface area contributed by atoms with E-state index >= 15 is 0 Å². The Balaban J connectivity index is 2.17. The van der Waals surface area contributed by atoms with E-state index in [1.807, 2.05) is 0 Å². The Bertz CT molecular complexity index is 595. The zero-order chi connectivity index (χ0) is 13.0.